The lowest BCUT2D eigenvalue weighted by Gasteiger charge is -2.28. The minimum Gasteiger partial charge on any atom is -0.368 e. The van der Waals surface area contributed by atoms with E-state index in [2.05, 4.69) is 25.5 Å². The molecule has 2 aromatic rings. The van der Waals surface area contributed by atoms with E-state index < -0.39 is 5.82 Å². The standard InChI is InChI=1S/C19H24FN5O/c1-14-23-17(13-18(24-14)25-10-3-2-4-11-25)21-8-9-22-19(26)15-6-5-7-16(20)12-15/h5-7,12-13H,2-4,8-11H2,1H3,(H,22,26)(H,21,23,24). The highest BCUT2D eigenvalue weighted by Crippen LogP contribution is 2.20. The Kier molecular flexibility index (Phi) is 5.99. The number of amides is 1. The van der Waals surface area contributed by atoms with Gasteiger partial charge in [0.05, 0.1) is 0 Å². The molecule has 3 rings (SSSR count). The molecule has 0 spiro atoms. The van der Waals surface area contributed by atoms with E-state index in [4.69, 9.17) is 0 Å². The largest absolute Gasteiger partial charge is 0.368 e. The van der Waals surface area contributed by atoms with Gasteiger partial charge in [-0.05, 0) is 44.4 Å². The molecule has 0 bridgehead atoms. The van der Waals surface area contributed by atoms with E-state index in [0.717, 1.165) is 30.5 Å². The van der Waals surface area contributed by atoms with Crippen LogP contribution in [0.25, 0.3) is 0 Å². The predicted octanol–water partition coefficient (Wildman–Crippen LogP) is 2.76. The Balaban J connectivity index is 1.51. The van der Waals surface area contributed by atoms with Crippen molar-refractivity contribution in [1.29, 1.82) is 0 Å². The lowest BCUT2D eigenvalue weighted by Crippen LogP contribution is -2.31. The van der Waals surface area contributed by atoms with Crippen LogP contribution in [0.3, 0.4) is 0 Å². The molecule has 26 heavy (non-hydrogen) atoms. The van der Waals surface area contributed by atoms with Gasteiger partial charge in [-0.2, -0.15) is 0 Å². The van der Waals surface area contributed by atoms with E-state index in [1.54, 1.807) is 6.07 Å². The van der Waals surface area contributed by atoms with Crippen LogP contribution in [0.4, 0.5) is 16.0 Å². The Morgan fingerprint density at radius 1 is 1.15 bits per heavy atom. The molecule has 0 saturated carbocycles. The molecule has 0 radical (unpaired) electrons. The number of carbonyl (C=O) groups excluding carboxylic acids is 1. The zero-order valence-electron chi connectivity index (χ0n) is 15.0. The molecular formula is C19H24FN5O. The topological polar surface area (TPSA) is 70.2 Å². The first-order chi connectivity index (χ1) is 12.6. The fourth-order valence-electron chi connectivity index (χ4n) is 3.03. The molecule has 1 aromatic carbocycles. The van der Waals surface area contributed by atoms with Crippen molar-refractivity contribution in [1.82, 2.24) is 15.3 Å². The zero-order valence-corrected chi connectivity index (χ0v) is 15.0. The lowest BCUT2D eigenvalue weighted by molar-refractivity contribution is 0.0954. The SMILES string of the molecule is Cc1nc(NCCNC(=O)c2cccc(F)c2)cc(N2CCCCC2)n1. The van der Waals surface area contributed by atoms with Crippen LogP contribution in [0.15, 0.2) is 30.3 Å². The van der Waals surface area contributed by atoms with Crippen molar-refractivity contribution in [3.63, 3.8) is 0 Å². The van der Waals surface area contributed by atoms with Crippen LogP contribution < -0.4 is 15.5 Å². The van der Waals surface area contributed by atoms with Crippen molar-refractivity contribution in [3.05, 3.63) is 47.5 Å². The zero-order chi connectivity index (χ0) is 18.4. The van der Waals surface area contributed by atoms with E-state index >= 15 is 0 Å². The van der Waals surface area contributed by atoms with E-state index in [-0.39, 0.29) is 5.91 Å². The number of hydrogen-bond acceptors (Lipinski definition) is 5. The lowest BCUT2D eigenvalue weighted by atomic mass is 10.1. The molecule has 1 aromatic heterocycles. The predicted molar refractivity (Wildman–Crippen MR) is 100 cm³/mol. The van der Waals surface area contributed by atoms with E-state index in [0.29, 0.717) is 18.7 Å². The van der Waals surface area contributed by atoms with Gasteiger partial charge in [0.2, 0.25) is 0 Å². The number of halogens is 1. The summed E-state index contributed by atoms with van der Waals surface area (Å²) in [5, 5.41) is 5.98. The number of rotatable bonds is 6. The maximum absolute atomic E-state index is 13.2. The highest BCUT2D eigenvalue weighted by molar-refractivity contribution is 5.94. The third-order valence-corrected chi connectivity index (χ3v) is 4.31. The van der Waals surface area contributed by atoms with Gasteiger partial charge < -0.3 is 15.5 Å². The van der Waals surface area contributed by atoms with Gasteiger partial charge in [-0.1, -0.05) is 6.07 Å². The molecule has 0 aliphatic carbocycles. The molecule has 1 fully saturated rings. The van der Waals surface area contributed by atoms with Crippen molar-refractivity contribution in [2.45, 2.75) is 26.2 Å². The summed E-state index contributed by atoms with van der Waals surface area (Å²) in [7, 11) is 0. The van der Waals surface area contributed by atoms with Gasteiger partial charge >= 0.3 is 0 Å². The van der Waals surface area contributed by atoms with Gasteiger partial charge in [0, 0.05) is 37.8 Å². The summed E-state index contributed by atoms with van der Waals surface area (Å²) in [6.07, 6.45) is 3.66. The summed E-state index contributed by atoms with van der Waals surface area (Å²) in [6.45, 7) is 4.87. The first-order valence-corrected chi connectivity index (χ1v) is 9.00. The second-order valence-electron chi connectivity index (χ2n) is 6.40. The smallest absolute Gasteiger partial charge is 0.251 e. The number of nitrogens with one attached hydrogen (secondary N) is 2. The molecule has 0 atom stereocenters. The number of nitrogens with zero attached hydrogens (tertiary/aromatic N) is 3. The normalized spacial score (nSPS) is 14.2. The fourth-order valence-corrected chi connectivity index (χ4v) is 3.03. The first kappa shape index (κ1) is 18.1. The molecule has 2 N–H and O–H groups in total. The van der Waals surface area contributed by atoms with Crippen LogP contribution in [-0.2, 0) is 0 Å². The molecule has 2 heterocycles. The molecule has 1 aliphatic heterocycles. The van der Waals surface area contributed by atoms with Crippen molar-refractivity contribution in [2.24, 2.45) is 0 Å². The van der Waals surface area contributed by atoms with E-state index in [9.17, 15) is 9.18 Å². The van der Waals surface area contributed by atoms with Gasteiger partial charge in [-0.15, -0.1) is 0 Å². The van der Waals surface area contributed by atoms with Crippen LogP contribution in [0, 0.1) is 12.7 Å². The molecule has 1 saturated heterocycles. The Labute approximate surface area is 152 Å². The number of carbonyl (C=O) groups is 1. The maximum atomic E-state index is 13.2. The van der Waals surface area contributed by atoms with Crippen LogP contribution in [0.1, 0.15) is 35.4 Å². The number of aromatic nitrogens is 2. The molecule has 1 amide bonds. The van der Waals surface area contributed by atoms with Gasteiger partial charge in [0.1, 0.15) is 23.3 Å². The number of anilines is 2. The first-order valence-electron chi connectivity index (χ1n) is 9.00. The van der Waals surface area contributed by atoms with Gasteiger partial charge in [0.15, 0.2) is 0 Å². The van der Waals surface area contributed by atoms with Crippen LogP contribution in [0.5, 0.6) is 0 Å². The molecule has 6 nitrogen and oxygen atoms in total. The molecule has 138 valence electrons. The Hall–Kier alpha value is -2.70. The Bertz CT molecular complexity index is 761. The second kappa shape index (κ2) is 8.60. The summed E-state index contributed by atoms with van der Waals surface area (Å²) in [4.78, 5) is 23.2. The van der Waals surface area contributed by atoms with Crippen LogP contribution in [0.2, 0.25) is 0 Å². The number of piperidine rings is 1. The molecule has 1 aliphatic rings. The Morgan fingerprint density at radius 3 is 2.73 bits per heavy atom. The third kappa shape index (κ3) is 4.91. The van der Waals surface area contributed by atoms with Crippen molar-refractivity contribution < 1.29 is 9.18 Å². The van der Waals surface area contributed by atoms with Crippen molar-refractivity contribution >= 4 is 17.5 Å². The van der Waals surface area contributed by atoms with Gasteiger partial charge in [-0.3, -0.25) is 4.79 Å². The minimum absolute atomic E-state index is 0.292. The average Bonchev–Trinajstić information content (AvgIpc) is 2.65. The van der Waals surface area contributed by atoms with Crippen LogP contribution >= 0.6 is 0 Å². The van der Waals surface area contributed by atoms with Crippen LogP contribution in [-0.4, -0.2) is 42.1 Å². The van der Waals surface area contributed by atoms with E-state index in [1.807, 2.05) is 13.0 Å². The average molecular weight is 357 g/mol. The summed E-state index contributed by atoms with van der Waals surface area (Å²) in [5.74, 6) is 1.71. The second-order valence-corrected chi connectivity index (χ2v) is 6.40. The summed E-state index contributed by atoms with van der Waals surface area (Å²) in [5.41, 5.74) is 0.315. The summed E-state index contributed by atoms with van der Waals surface area (Å²) < 4.78 is 13.2. The Morgan fingerprint density at radius 2 is 1.96 bits per heavy atom. The maximum Gasteiger partial charge on any atom is 0.251 e. The molecular weight excluding hydrogens is 333 g/mol. The number of hydrogen-bond donors (Lipinski definition) is 2. The summed E-state index contributed by atoms with van der Waals surface area (Å²) in [6, 6.07) is 7.60. The fraction of sp³-hybridized carbons (Fsp3) is 0.421. The molecule has 0 unspecified atom stereocenters. The molecule has 7 heteroatoms. The third-order valence-electron chi connectivity index (χ3n) is 4.31. The van der Waals surface area contributed by atoms with Gasteiger partial charge in [0.25, 0.3) is 5.91 Å². The quantitative estimate of drug-likeness (QED) is 0.778. The van der Waals surface area contributed by atoms with E-state index in [1.165, 1.54) is 37.5 Å². The highest BCUT2D eigenvalue weighted by atomic mass is 19.1. The number of aryl methyl sites for hydroxylation is 1. The van der Waals surface area contributed by atoms with Crippen molar-refractivity contribution in [2.75, 3.05) is 36.4 Å². The summed E-state index contributed by atoms with van der Waals surface area (Å²) >= 11 is 0. The van der Waals surface area contributed by atoms with Crippen molar-refractivity contribution in [3.8, 4) is 0 Å². The van der Waals surface area contributed by atoms with Gasteiger partial charge in [-0.25, -0.2) is 14.4 Å². The monoisotopic (exact) mass is 357 g/mol. The highest BCUT2D eigenvalue weighted by Gasteiger charge is 2.13. The number of benzene rings is 1. The minimum atomic E-state index is -0.419.